The number of aliphatic hydroxyl groups is 2. The third-order valence-electron chi connectivity index (χ3n) is 16.9. The summed E-state index contributed by atoms with van der Waals surface area (Å²) in [5.41, 5.74) is 12.6. The largest absolute Gasteiger partial charge is 0.480 e. The van der Waals surface area contributed by atoms with Gasteiger partial charge in [-0.3, -0.25) is 28.8 Å². The van der Waals surface area contributed by atoms with Crippen LogP contribution in [-0.2, 0) is 196 Å². The van der Waals surface area contributed by atoms with Gasteiger partial charge in [-0.05, 0) is 177 Å². The summed E-state index contributed by atoms with van der Waals surface area (Å²) < 4.78 is 93.6. The Bertz CT molecular complexity index is 3930. The number of carboxylic acids is 1. The Labute approximate surface area is 779 Å². The number of hydrogen-bond acceptors (Lipinski definition) is 43. The molecule has 0 saturated carbocycles. The minimum atomic E-state index is -1.36. The van der Waals surface area contributed by atoms with Gasteiger partial charge in [0, 0.05) is 0 Å². The maximum Gasteiger partial charge on any atom is 0.407 e. The number of carboxylic acid groups (broad SMARTS) is 1. The molecule has 0 fully saturated rings. The zero-order valence-electron chi connectivity index (χ0n) is 77.6. The first-order valence-electron chi connectivity index (χ1n) is 43.0. The highest BCUT2D eigenvalue weighted by molar-refractivity contribution is 5.88. The van der Waals surface area contributed by atoms with E-state index in [2.05, 4.69) is 10.6 Å². The molecule has 12 atom stereocenters. The summed E-state index contributed by atoms with van der Waals surface area (Å²) in [4.78, 5) is 233. The number of aliphatic hydroxyl groups excluding tert-OH is 2. The molecule has 0 heterocycles. The van der Waals surface area contributed by atoms with Gasteiger partial charge in [0.2, 0.25) is 0 Å². The second-order valence-corrected chi connectivity index (χ2v) is 28.9. The third kappa shape index (κ3) is 61.8. The molecule has 0 bridgehead atoms. The number of nitrogens with one attached hydrogen (secondary N) is 2. The van der Waals surface area contributed by atoms with Crippen LogP contribution >= 0.6 is 0 Å². The smallest absolute Gasteiger partial charge is 0.407 e. The van der Waals surface area contributed by atoms with E-state index in [-0.39, 0.29) is 85.4 Å². The second-order valence-electron chi connectivity index (χ2n) is 28.9. The summed E-state index contributed by atoms with van der Waals surface area (Å²) in [6.07, 6.45) is -9.77. The monoisotopic (exact) mass is 1920 g/mol. The maximum atomic E-state index is 12.3. The summed E-state index contributed by atoms with van der Waals surface area (Å²) in [5.74, 6) is -15.0. The molecular formula is C89H126N4O42. The fourth-order valence-electron chi connectivity index (χ4n) is 9.36. The van der Waals surface area contributed by atoms with Crippen LogP contribution in [0.4, 0.5) is 9.59 Å². The van der Waals surface area contributed by atoms with Crippen molar-refractivity contribution in [3.63, 3.8) is 0 Å². The predicted octanol–water partition coefficient (Wildman–Crippen LogP) is 4.34. The van der Waals surface area contributed by atoms with Crippen molar-refractivity contribution in [3.05, 3.63) is 108 Å². The molecule has 0 aliphatic carbocycles. The summed E-state index contributed by atoms with van der Waals surface area (Å²) in [5, 5.41) is 30.6. The number of carbonyl (C=O) groups excluding carboxylic acids is 19. The molecule has 3 aromatic carbocycles. The first kappa shape index (κ1) is 122. The molecule has 9 N–H and O–H groups in total. The van der Waals surface area contributed by atoms with Gasteiger partial charge in [0.15, 0.2) is 61.0 Å². The van der Waals surface area contributed by atoms with Gasteiger partial charge in [0.1, 0.15) is 45.1 Å². The van der Waals surface area contributed by atoms with Gasteiger partial charge in [0.25, 0.3) is 0 Å². The normalized spacial score (nSPS) is 13.1. The standard InChI is InChI=1S/C39H49NO16.C22H36N2O12.C18H30O10.C10H11NO4/c1-26(55-37(46)28(3)53-33(42)20-19-32(41)51-24-30-15-9-7-10-16-30)35(44)49-21-13-5-6-14-22-50-36(45)27(2)56-38(47)29(4)54-34(43)23-40-39(48)52-25-31-17-11-8-12-18-31;1-13(35-21(29)15(3)33-17(25)11-23)19(27)31-9-7-5-6-8-10-32-20(28)14(2)36-22(30)16(4)34-18(26)12-24;1-11(19)15(21)27-13(3)17(23)25-9-7-5-6-8-10-26-18(24)14(4)28-16(22)12(2)20;12-9(13)6-11-10(14)15-7-8-4-2-1-3-5-8/h7-12,15-18,26-29H,5-6,13-14,19-25H2,1-4H3,(H,40,48);13-16H,5-12,23-24H2,1-4H3;11-14,19-20H,5-10H2,1-4H3;1-5H,6-7H2,(H,11,14)(H,12,13). The molecule has 3 rings (SSSR count). The van der Waals surface area contributed by atoms with Gasteiger partial charge in [-0.25, -0.2) is 67.1 Å². The highest BCUT2D eigenvalue weighted by Crippen LogP contribution is 2.14. The first-order chi connectivity index (χ1) is 63.9. The van der Waals surface area contributed by atoms with E-state index in [9.17, 15) is 95.9 Å². The van der Waals surface area contributed by atoms with Gasteiger partial charge in [-0.15, -0.1) is 0 Å². The Morgan fingerprint density at radius 3 is 0.711 bits per heavy atom. The Morgan fingerprint density at radius 1 is 0.252 bits per heavy atom. The van der Waals surface area contributed by atoms with E-state index in [0.29, 0.717) is 64.2 Å². The van der Waals surface area contributed by atoms with Gasteiger partial charge < -0.3 is 127 Å². The molecule has 3 aromatic rings. The van der Waals surface area contributed by atoms with Crippen LogP contribution in [-0.4, -0.2) is 274 Å². The van der Waals surface area contributed by atoms with E-state index in [4.69, 9.17) is 117 Å². The molecule has 0 spiro atoms. The number of aliphatic carboxylic acids is 1. The predicted molar refractivity (Wildman–Crippen MR) is 461 cm³/mol. The van der Waals surface area contributed by atoms with E-state index in [1.807, 2.05) is 42.5 Å². The highest BCUT2D eigenvalue weighted by atomic mass is 16.7. The molecule has 2 amide bonds. The van der Waals surface area contributed by atoms with Gasteiger partial charge in [-0.1, -0.05) is 91.0 Å². The quantitative estimate of drug-likeness (QED) is 0.0235. The van der Waals surface area contributed by atoms with Crippen molar-refractivity contribution in [1.82, 2.24) is 10.6 Å². The Hall–Kier alpha value is -13.5. The van der Waals surface area contributed by atoms with Crippen molar-refractivity contribution >= 4 is 120 Å². The Morgan fingerprint density at radius 2 is 0.467 bits per heavy atom. The van der Waals surface area contributed by atoms with Crippen molar-refractivity contribution in [2.45, 2.75) is 266 Å². The van der Waals surface area contributed by atoms with E-state index in [0.717, 1.165) is 29.5 Å². The van der Waals surface area contributed by atoms with Gasteiger partial charge in [0.05, 0.1) is 65.6 Å². The van der Waals surface area contributed by atoms with Crippen LogP contribution in [0.5, 0.6) is 0 Å². The Kier molecular flexibility index (Phi) is 64.9. The lowest BCUT2D eigenvalue weighted by atomic mass is 10.2. The summed E-state index contributed by atoms with van der Waals surface area (Å²) in [6.45, 7) is 14.6. The average Bonchev–Trinajstić information content (AvgIpc) is 0.890. The van der Waals surface area contributed by atoms with Crippen LogP contribution in [0.1, 0.15) is 190 Å². The van der Waals surface area contributed by atoms with Crippen LogP contribution in [0.15, 0.2) is 91.0 Å². The van der Waals surface area contributed by atoms with Crippen LogP contribution in [0, 0.1) is 0 Å². The van der Waals surface area contributed by atoms with E-state index in [1.165, 1.54) is 83.1 Å². The molecule has 0 radical (unpaired) electrons. The highest BCUT2D eigenvalue weighted by Gasteiger charge is 2.32. The number of ether oxygens (including phenoxy) is 19. The molecule has 0 aromatic heterocycles. The van der Waals surface area contributed by atoms with Gasteiger partial charge >= 0.3 is 120 Å². The molecule has 135 heavy (non-hydrogen) atoms. The lowest BCUT2D eigenvalue weighted by Gasteiger charge is -2.17. The number of unbranched alkanes of at least 4 members (excludes halogenated alkanes) is 9. The zero-order chi connectivity index (χ0) is 102. The van der Waals surface area contributed by atoms with Crippen molar-refractivity contribution in [3.8, 4) is 0 Å². The second kappa shape index (κ2) is 72.1. The molecule has 754 valence electrons. The third-order valence-corrected chi connectivity index (χ3v) is 16.9. The minimum Gasteiger partial charge on any atom is -0.480 e. The van der Waals surface area contributed by atoms with Crippen LogP contribution in [0.2, 0.25) is 0 Å². The van der Waals surface area contributed by atoms with Crippen molar-refractivity contribution in [1.29, 1.82) is 0 Å². The molecule has 0 aliphatic heterocycles. The molecular weight excluding hydrogens is 1800 g/mol. The van der Waals surface area contributed by atoms with Crippen molar-refractivity contribution in [2.75, 3.05) is 65.8 Å². The van der Waals surface area contributed by atoms with Crippen molar-refractivity contribution in [2.24, 2.45) is 11.5 Å². The number of amides is 2. The molecule has 0 saturated heterocycles. The molecule has 0 aliphatic rings. The number of rotatable bonds is 58. The van der Waals surface area contributed by atoms with Crippen LogP contribution in [0.3, 0.4) is 0 Å². The average molecular weight is 1920 g/mol. The number of carbonyl (C=O) groups is 20. The van der Waals surface area contributed by atoms with E-state index < -0.39 is 206 Å². The number of hydrogen-bond donors (Lipinski definition) is 7. The van der Waals surface area contributed by atoms with Gasteiger partial charge in [-0.2, -0.15) is 0 Å². The number of esters is 17. The Balaban J connectivity index is 0.00000195. The fraction of sp³-hybridized carbons (Fsp3) is 0.573. The summed E-state index contributed by atoms with van der Waals surface area (Å²) in [6, 6.07) is 27.0. The molecule has 46 heteroatoms. The number of alkyl carbamates (subject to hydrolysis) is 2. The molecule has 46 nitrogen and oxygen atoms in total. The zero-order valence-corrected chi connectivity index (χ0v) is 77.6. The number of nitrogens with two attached hydrogens (primary N) is 2. The van der Waals surface area contributed by atoms with Crippen molar-refractivity contribution < 1.29 is 201 Å². The minimum absolute atomic E-state index is 0.00291. The summed E-state index contributed by atoms with van der Waals surface area (Å²) in [7, 11) is 0. The maximum absolute atomic E-state index is 12.3. The van der Waals surface area contributed by atoms with Crippen LogP contribution < -0.4 is 22.1 Å². The first-order valence-corrected chi connectivity index (χ1v) is 43.0. The number of benzene rings is 3. The lowest BCUT2D eigenvalue weighted by Crippen LogP contribution is -2.36. The van der Waals surface area contributed by atoms with E-state index in [1.54, 1.807) is 48.5 Å². The lowest BCUT2D eigenvalue weighted by molar-refractivity contribution is -0.177. The topological polar surface area (TPSA) is 654 Å². The summed E-state index contributed by atoms with van der Waals surface area (Å²) >= 11 is 0. The fourth-order valence-corrected chi connectivity index (χ4v) is 9.36. The molecule has 12 unspecified atom stereocenters. The van der Waals surface area contributed by atoms with E-state index >= 15 is 0 Å². The SMILES string of the molecule is CC(O)C(=O)OC(C)C(=O)OCCCCCCOC(=O)C(C)OC(=O)C(C)O.CC(OC(=O)CCC(=O)OCc1ccccc1)C(=O)OC(C)C(=O)OCCCCCCOC(=O)C(C)OC(=O)C(C)OC(=O)CNC(=O)OCc1ccccc1.CC(OC(=O)CN)C(=O)OC(C)C(=O)OCCCCCCOC(=O)C(C)OC(=O)C(C)OC(=O)CN.O=C(O)CNC(=O)OCc1ccccc1. The van der Waals surface area contributed by atoms with Crippen LogP contribution in [0.25, 0.3) is 0 Å².